The Hall–Kier alpha value is -4.99. The molecule has 64 heavy (non-hydrogen) atoms. The second-order valence-electron chi connectivity index (χ2n) is 17.1. The standard InChI is InChI=1S/C56H66N2O5S/c1-2-3-4-5-6-7-8-9-10-11-12-13-23-30-50(60)57-39-42-31-37-48(38-32-42)55-61-49(51(44-24-17-14-18-25-44)53(62-55)47-35-33-43(40-59)34-36-47)41-64-56-58-52(45-26-19-15-20-27-45)54(63-56)46-28-21-16-22-29-46/h14-22,24-29,31-38,49,51,53,55,59H,2-13,23,30,39-41H2,1H3,(H,57,60). The van der Waals surface area contributed by atoms with Crippen molar-refractivity contribution in [1.29, 1.82) is 0 Å². The minimum atomic E-state index is -0.656. The van der Waals surface area contributed by atoms with E-state index in [9.17, 15) is 9.90 Å². The number of unbranched alkanes of at least 4 members (excludes halogenated alkanes) is 12. The number of ether oxygens (including phenoxy) is 2. The number of hydrogen-bond donors (Lipinski definition) is 2. The first-order valence-corrected chi connectivity index (χ1v) is 24.7. The fourth-order valence-electron chi connectivity index (χ4n) is 8.63. The minimum Gasteiger partial charge on any atom is -0.431 e. The van der Waals surface area contributed by atoms with Crippen LogP contribution in [0.1, 0.15) is 143 Å². The molecule has 4 atom stereocenters. The van der Waals surface area contributed by atoms with Crippen molar-refractivity contribution < 1.29 is 23.8 Å². The number of nitrogens with zero attached hydrogens (tertiary/aromatic N) is 1. The van der Waals surface area contributed by atoms with Gasteiger partial charge in [-0.1, -0.05) is 235 Å². The molecule has 7 rings (SSSR count). The second-order valence-corrected chi connectivity index (χ2v) is 18.1. The van der Waals surface area contributed by atoms with Crippen molar-refractivity contribution in [3.63, 3.8) is 0 Å². The lowest BCUT2D eigenvalue weighted by molar-refractivity contribution is -0.255. The number of carbonyl (C=O) groups excluding carboxylic acids is 1. The number of amides is 1. The van der Waals surface area contributed by atoms with Crippen LogP contribution in [0.15, 0.2) is 149 Å². The summed E-state index contributed by atoms with van der Waals surface area (Å²) in [5.41, 5.74) is 7.64. The highest BCUT2D eigenvalue weighted by atomic mass is 32.2. The third-order valence-corrected chi connectivity index (χ3v) is 13.2. The lowest BCUT2D eigenvalue weighted by Crippen LogP contribution is -2.38. The highest BCUT2D eigenvalue weighted by Gasteiger charge is 2.42. The van der Waals surface area contributed by atoms with Crippen molar-refractivity contribution in [1.82, 2.24) is 10.3 Å². The molecular formula is C56H66N2O5S. The lowest BCUT2D eigenvalue weighted by atomic mass is 9.84. The van der Waals surface area contributed by atoms with Gasteiger partial charge in [-0.25, -0.2) is 4.98 Å². The van der Waals surface area contributed by atoms with Gasteiger partial charge in [-0.05, 0) is 28.7 Å². The number of aliphatic hydroxyl groups is 1. The van der Waals surface area contributed by atoms with Crippen LogP contribution in [0.25, 0.3) is 22.6 Å². The molecule has 5 aromatic carbocycles. The number of hydrogen-bond acceptors (Lipinski definition) is 7. The fraction of sp³-hybridized carbons (Fsp3) is 0.393. The van der Waals surface area contributed by atoms with Gasteiger partial charge in [-0.15, -0.1) is 0 Å². The van der Waals surface area contributed by atoms with E-state index in [1.807, 2.05) is 78.9 Å². The molecule has 0 saturated carbocycles. The first-order valence-electron chi connectivity index (χ1n) is 23.7. The average Bonchev–Trinajstić information content (AvgIpc) is 3.79. The number of carbonyl (C=O) groups is 1. The molecule has 7 nitrogen and oxygen atoms in total. The number of aromatic nitrogens is 1. The first kappa shape index (κ1) is 47.0. The van der Waals surface area contributed by atoms with Crippen molar-refractivity contribution in [2.24, 2.45) is 0 Å². The van der Waals surface area contributed by atoms with Gasteiger partial charge in [0.15, 0.2) is 12.1 Å². The second kappa shape index (κ2) is 25.5. The maximum Gasteiger partial charge on any atom is 0.256 e. The summed E-state index contributed by atoms with van der Waals surface area (Å²) < 4.78 is 20.5. The summed E-state index contributed by atoms with van der Waals surface area (Å²) in [6.07, 6.45) is 16.1. The Balaban J connectivity index is 0.999. The van der Waals surface area contributed by atoms with Gasteiger partial charge in [0.2, 0.25) is 5.91 Å². The van der Waals surface area contributed by atoms with Gasteiger partial charge in [-0.2, -0.15) is 0 Å². The van der Waals surface area contributed by atoms with E-state index in [1.54, 1.807) is 11.8 Å². The fourth-order valence-corrected chi connectivity index (χ4v) is 9.52. The van der Waals surface area contributed by atoms with Gasteiger partial charge in [0.05, 0.1) is 18.8 Å². The summed E-state index contributed by atoms with van der Waals surface area (Å²) in [5, 5.41) is 13.6. The summed E-state index contributed by atoms with van der Waals surface area (Å²) in [5.74, 6) is 1.23. The Morgan fingerprint density at radius 2 is 1.16 bits per heavy atom. The van der Waals surface area contributed by atoms with E-state index < -0.39 is 6.29 Å². The molecule has 8 heteroatoms. The maximum absolute atomic E-state index is 12.8. The van der Waals surface area contributed by atoms with E-state index >= 15 is 0 Å². The molecule has 336 valence electrons. The Morgan fingerprint density at radius 1 is 0.609 bits per heavy atom. The predicted octanol–water partition coefficient (Wildman–Crippen LogP) is 14.3. The summed E-state index contributed by atoms with van der Waals surface area (Å²) in [7, 11) is 0. The van der Waals surface area contributed by atoms with Crippen LogP contribution in [0, 0.1) is 0 Å². The minimum absolute atomic E-state index is 0.0305. The van der Waals surface area contributed by atoms with Gasteiger partial charge < -0.3 is 24.3 Å². The number of benzene rings is 5. The molecule has 6 aromatic rings. The predicted molar refractivity (Wildman–Crippen MR) is 260 cm³/mol. The molecule has 1 aromatic heterocycles. The van der Waals surface area contributed by atoms with Crippen LogP contribution in [-0.2, 0) is 27.4 Å². The summed E-state index contributed by atoms with van der Waals surface area (Å²) in [6, 6.07) is 46.9. The van der Waals surface area contributed by atoms with Gasteiger partial charge >= 0.3 is 0 Å². The van der Waals surface area contributed by atoms with Crippen molar-refractivity contribution in [3.8, 4) is 22.6 Å². The SMILES string of the molecule is CCCCCCCCCCCCCCCC(=O)NCc1ccc(C2OC(CSc3nc(-c4ccccc4)c(-c4ccccc4)o3)C(c3ccccc3)C(c3ccc(CO)cc3)O2)cc1. The largest absolute Gasteiger partial charge is 0.431 e. The molecule has 2 N–H and O–H groups in total. The summed E-state index contributed by atoms with van der Waals surface area (Å²) in [4.78, 5) is 17.8. The van der Waals surface area contributed by atoms with Gasteiger partial charge in [0, 0.05) is 41.3 Å². The van der Waals surface area contributed by atoms with E-state index in [4.69, 9.17) is 18.9 Å². The number of aliphatic hydroxyl groups excluding tert-OH is 1. The van der Waals surface area contributed by atoms with Crippen LogP contribution in [0.4, 0.5) is 0 Å². The molecule has 4 unspecified atom stereocenters. The Labute approximate surface area is 385 Å². The van der Waals surface area contributed by atoms with Gasteiger partial charge in [0.1, 0.15) is 5.69 Å². The smallest absolute Gasteiger partial charge is 0.256 e. The van der Waals surface area contributed by atoms with Crippen LogP contribution in [0.3, 0.4) is 0 Å². The third kappa shape index (κ3) is 13.8. The zero-order valence-corrected chi connectivity index (χ0v) is 38.4. The molecule has 0 bridgehead atoms. The highest BCUT2D eigenvalue weighted by molar-refractivity contribution is 7.99. The number of thioether (sulfide) groups is 1. The summed E-state index contributed by atoms with van der Waals surface area (Å²) >= 11 is 1.55. The molecule has 1 aliphatic rings. The Morgan fingerprint density at radius 3 is 1.77 bits per heavy atom. The first-order chi connectivity index (χ1) is 31.6. The maximum atomic E-state index is 12.8. The molecule has 2 heterocycles. The van der Waals surface area contributed by atoms with Crippen molar-refractivity contribution in [2.75, 3.05) is 5.75 Å². The molecule has 1 fully saturated rings. The van der Waals surface area contributed by atoms with Gasteiger partial charge in [0.25, 0.3) is 5.22 Å². The van der Waals surface area contributed by atoms with Crippen molar-refractivity contribution in [3.05, 3.63) is 167 Å². The van der Waals surface area contributed by atoms with Crippen LogP contribution >= 0.6 is 11.8 Å². The molecule has 1 saturated heterocycles. The Bertz CT molecular complexity index is 2170. The van der Waals surface area contributed by atoms with Crippen LogP contribution < -0.4 is 5.32 Å². The zero-order valence-electron chi connectivity index (χ0n) is 37.5. The molecule has 0 aliphatic carbocycles. The van der Waals surface area contributed by atoms with E-state index in [1.165, 1.54) is 70.6 Å². The quantitative estimate of drug-likeness (QED) is 0.0437. The molecular weight excluding hydrogens is 813 g/mol. The molecule has 0 radical (unpaired) electrons. The van der Waals surface area contributed by atoms with Crippen molar-refractivity contribution in [2.45, 2.75) is 140 Å². The lowest BCUT2D eigenvalue weighted by Gasteiger charge is -2.43. The topological polar surface area (TPSA) is 93.8 Å². The monoisotopic (exact) mass is 878 g/mol. The van der Waals surface area contributed by atoms with Crippen LogP contribution in [-0.4, -0.2) is 27.9 Å². The zero-order chi connectivity index (χ0) is 44.2. The number of oxazole rings is 1. The number of nitrogens with one attached hydrogen (secondary N) is 1. The van der Waals surface area contributed by atoms with E-state index in [-0.39, 0.29) is 30.6 Å². The molecule has 1 amide bonds. The summed E-state index contributed by atoms with van der Waals surface area (Å²) in [6.45, 7) is 2.72. The van der Waals surface area contributed by atoms with Crippen molar-refractivity contribution >= 4 is 17.7 Å². The normalized spacial score (nSPS) is 17.3. The van der Waals surface area contributed by atoms with E-state index in [0.717, 1.165) is 63.2 Å². The van der Waals surface area contributed by atoms with Gasteiger partial charge in [-0.3, -0.25) is 4.79 Å². The van der Waals surface area contributed by atoms with Crippen LogP contribution in [0.5, 0.6) is 0 Å². The van der Waals surface area contributed by atoms with E-state index in [2.05, 4.69) is 72.9 Å². The molecule has 1 aliphatic heterocycles. The Kier molecular flexibility index (Phi) is 18.7. The third-order valence-electron chi connectivity index (χ3n) is 12.3. The van der Waals surface area contributed by atoms with Crippen LogP contribution in [0.2, 0.25) is 0 Å². The average molecular weight is 879 g/mol. The molecule has 0 spiro atoms. The highest BCUT2D eigenvalue weighted by Crippen LogP contribution is 2.48. The number of rotatable bonds is 25. The van der Waals surface area contributed by atoms with E-state index in [0.29, 0.717) is 23.9 Å².